The van der Waals surface area contributed by atoms with E-state index in [4.69, 9.17) is 4.74 Å². The molecule has 0 unspecified atom stereocenters. The van der Waals surface area contributed by atoms with Gasteiger partial charge in [0.05, 0.1) is 0 Å². The van der Waals surface area contributed by atoms with Crippen LogP contribution in [0.5, 0.6) is 5.75 Å². The van der Waals surface area contributed by atoms with Crippen LogP contribution in [-0.4, -0.2) is 27.8 Å². The van der Waals surface area contributed by atoms with Crippen LogP contribution in [0.3, 0.4) is 0 Å². The molecule has 0 saturated heterocycles. The van der Waals surface area contributed by atoms with Crippen molar-refractivity contribution in [3.63, 3.8) is 0 Å². The Morgan fingerprint density at radius 1 is 1.12 bits per heavy atom. The van der Waals surface area contributed by atoms with Gasteiger partial charge in [0.15, 0.2) is 0 Å². The number of fused-ring (bicyclic) bond motifs is 1. The first-order valence-corrected chi connectivity index (χ1v) is 8.26. The van der Waals surface area contributed by atoms with Gasteiger partial charge >= 0.3 is 112 Å². The second-order valence-corrected chi connectivity index (χ2v) is 7.45. The number of nitrogens with zero attached hydrogens (tertiary/aromatic N) is 1. The third-order valence-corrected chi connectivity index (χ3v) is 6.69. The number of ether oxygens (including phenoxy) is 1. The Morgan fingerprint density at radius 2 is 1.88 bits per heavy atom. The first-order valence-electron chi connectivity index (χ1n) is 6.05. The summed E-state index contributed by atoms with van der Waals surface area (Å²) in [4.78, 5) is 0. The monoisotopic (exact) mass is 344 g/mol. The van der Waals surface area contributed by atoms with Crippen LogP contribution in [-0.2, 0) is 12.8 Å². The van der Waals surface area contributed by atoms with Crippen molar-refractivity contribution < 1.29 is 7.53 Å². The maximum atomic E-state index is 5.20. The number of benzene rings is 1. The van der Waals surface area contributed by atoms with Crippen LogP contribution in [0.4, 0.5) is 0 Å². The van der Waals surface area contributed by atoms with Crippen molar-refractivity contribution >= 4 is 20.7 Å². The zero-order valence-corrected chi connectivity index (χ0v) is 12.3. The third-order valence-electron chi connectivity index (χ3n) is 3.27. The van der Waals surface area contributed by atoms with Gasteiger partial charge in [-0.2, -0.15) is 0 Å². The van der Waals surface area contributed by atoms with E-state index < -0.39 is 0 Å². The number of rotatable bonds is 2. The molecule has 1 aromatic heterocycles. The van der Waals surface area contributed by atoms with Gasteiger partial charge in [0, 0.05) is 0 Å². The Morgan fingerprint density at radius 3 is 2.59 bits per heavy atom. The molecular weight excluding hydrogens is 326 g/mol. The van der Waals surface area contributed by atoms with Crippen LogP contribution in [0.1, 0.15) is 22.0 Å². The molecule has 3 rings (SSSR count). The molecule has 0 fully saturated rings. The van der Waals surface area contributed by atoms with E-state index in [9.17, 15) is 0 Å². The zero-order valence-electron chi connectivity index (χ0n) is 9.98. The third kappa shape index (κ3) is 2.27. The summed E-state index contributed by atoms with van der Waals surface area (Å²) in [6.45, 7) is 0. The van der Waals surface area contributed by atoms with Gasteiger partial charge in [0.2, 0.25) is 0 Å². The summed E-state index contributed by atoms with van der Waals surface area (Å²) in [5, 5.41) is 0. The van der Waals surface area contributed by atoms with Crippen LogP contribution < -0.4 is 7.53 Å². The summed E-state index contributed by atoms with van der Waals surface area (Å²) >= 11 is -0.152. The van der Waals surface area contributed by atoms with Gasteiger partial charge in [-0.3, -0.25) is 0 Å². The Kier molecular flexibility index (Phi) is 3.22. The Labute approximate surface area is 112 Å². The Balaban J connectivity index is 1.94. The molecule has 2 aromatic rings. The number of aromatic nitrogens is 1. The van der Waals surface area contributed by atoms with Crippen LogP contribution in [0.25, 0.3) is 5.69 Å². The number of methoxy groups -OCH3 is 1. The van der Waals surface area contributed by atoms with Crippen LogP contribution in [0.2, 0.25) is 0 Å². The molecule has 0 atom stereocenters. The van der Waals surface area contributed by atoms with E-state index in [-0.39, 0.29) is 20.7 Å². The predicted octanol–water partition coefficient (Wildman–Crippen LogP) is 1.91. The van der Waals surface area contributed by atoms with E-state index in [1.807, 2.05) is 12.1 Å². The molecule has 1 heterocycles. The summed E-state index contributed by atoms with van der Waals surface area (Å²) in [6, 6.07) is 8.43. The van der Waals surface area contributed by atoms with Crippen LogP contribution in [0.15, 0.2) is 30.5 Å². The molecule has 0 radical (unpaired) electrons. The fraction of sp³-hybridized carbons (Fsp3) is 0.357. The first-order chi connectivity index (χ1) is 8.36. The molecule has 0 N–H and O–H groups in total. The quantitative estimate of drug-likeness (QED) is 0.761. The summed E-state index contributed by atoms with van der Waals surface area (Å²) in [6.07, 6.45) is 7.80. The normalized spacial score (nSPS) is 14.4. The first kappa shape index (κ1) is 11.3. The minimum atomic E-state index is -0.152. The molecule has 0 amide bonds. The van der Waals surface area contributed by atoms with Crippen molar-refractivity contribution in [3.8, 4) is 11.4 Å². The molecule has 0 spiro atoms. The van der Waals surface area contributed by atoms with E-state index in [1.165, 1.54) is 31.4 Å². The molecule has 1 aromatic carbocycles. The van der Waals surface area contributed by atoms with Gasteiger partial charge < -0.3 is 0 Å². The summed E-state index contributed by atoms with van der Waals surface area (Å²) in [7, 11) is 1.71. The van der Waals surface area contributed by atoms with Crippen LogP contribution >= 0.6 is 0 Å². The summed E-state index contributed by atoms with van der Waals surface area (Å²) in [5.74, 6) is 0.936. The topological polar surface area (TPSA) is 13.1 Å². The molecule has 2 nitrogen and oxygen atoms in total. The number of aryl methyl sites for hydroxylation is 2. The molecule has 0 saturated carbocycles. The molecule has 0 aliphatic heterocycles. The van der Waals surface area contributed by atoms with Gasteiger partial charge in [0.25, 0.3) is 0 Å². The molecule has 1 aliphatic rings. The molecule has 1 aliphatic carbocycles. The molecule has 0 bridgehead atoms. The second kappa shape index (κ2) is 4.84. The van der Waals surface area contributed by atoms with Crippen molar-refractivity contribution in [2.45, 2.75) is 25.7 Å². The Bertz CT molecular complexity index is 492. The second-order valence-electron chi connectivity index (χ2n) is 4.40. The zero-order chi connectivity index (χ0) is 11.7. The van der Waals surface area contributed by atoms with Gasteiger partial charge in [-0.25, -0.2) is 0 Å². The van der Waals surface area contributed by atoms with Crippen molar-refractivity contribution in [3.05, 3.63) is 39.6 Å². The van der Waals surface area contributed by atoms with Gasteiger partial charge in [0.1, 0.15) is 0 Å². The molecular formula is C14H16NOTe+. The SMILES string of the molecule is COc1ccc(-[n+]2cc3c([te]2)CCCC3)cc1. The van der Waals surface area contributed by atoms with Crippen molar-refractivity contribution in [2.24, 2.45) is 0 Å². The van der Waals surface area contributed by atoms with Gasteiger partial charge in [-0.15, -0.1) is 0 Å². The average Bonchev–Trinajstić information content (AvgIpc) is 2.82. The van der Waals surface area contributed by atoms with E-state index in [0.717, 1.165) is 5.75 Å². The molecule has 3 heteroatoms. The Hall–Kier alpha value is -0.780. The average molecular weight is 342 g/mol. The fourth-order valence-electron chi connectivity index (χ4n) is 2.28. The number of hydrogen-bond acceptors (Lipinski definition) is 1. The van der Waals surface area contributed by atoms with Gasteiger partial charge in [-0.1, -0.05) is 0 Å². The van der Waals surface area contributed by atoms with Crippen molar-refractivity contribution in [1.82, 2.24) is 0 Å². The number of hydrogen-bond donors (Lipinski definition) is 0. The van der Waals surface area contributed by atoms with E-state index in [2.05, 4.69) is 21.1 Å². The van der Waals surface area contributed by atoms with E-state index in [0.29, 0.717) is 0 Å². The molecule has 88 valence electrons. The summed E-state index contributed by atoms with van der Waals surface area (Å²) < 4.78 is 9.46. The van der Waals surface area contributed by atoms with Crippen molar-refractivity contribution in [1.29, 1.82) is 0 Å². The van der Waals surface area contributed by atoms with E-state index in [1.54, 1.807) is 16.3 Å². The predicted molar refractivity (Wildman–Crippen MR) is 68.1 cm³/mol. The molecule has 17 heavy (non-hydrogen) atoms. The van der Waals surface area contributed by atoms with Gasteiger partial charge in [-0.05, 0) is 0 Å². The van der Waals surface area contributed by atoms with Crippen molar-refractivity contribution in [2.75, 3.05) is 7.11 Å². The maximum absolute atomic E-state index is 5.20. The standard InChI is InChI=1S/C14H16NOTe/c1-16-13-8-6-12(7-9-13)15-10-11-4-2-3-5-14(11)17-15/h6-10H,2-5H2,1H3/q+1. The fourth-order valence-corrected chi connectivity index (χ4v) is 5.57. The van der Waals surface area contributed by atoms with E-state index >= 15 is 0 Å². The minimum absolute atomic E-state index is 0.152. The van der Waals surface area contributed by atoms with Crippen LogP contribution in [0, 0.1) is 0 Å². The summed E-state index contributed by atoms with van der Waals surface area (Å²) in [5.41, 5.74) is 2.96.